The predicted molar refractivity (Wildman–Crippen MR) is 57.5 cm³/mol. The van der Waals surface area contributed by atoms with Gasteiger partial charge in [-0.05, 0) is 6.42 Å². The molecular formula is C11H23NO2. The summed E-state index contributed by atoms with van der Waals surface area (Å²) in [6, 6.07) is 0. The van der Waals surface area contributed by atoms with Gasteiger partial charge < -0.3 is 14.4 Å². The van der Waals surface area contributed by atoms with Gasteiger partial charge in [-0.25, -0.2) is 0 Å². The molecule has 0 radical (unpaired) electrons. The van der Waals surface area contributed by atoms with E-state index in [1.807, 2.05) is 13.8 Å². The van der Waals surface area contributed by atoms with E-state index in [0.29, 0.717) is 5.41 Å². The van der Waals surface area contributed by atoms with Crippen LogP contribution in [0.25, 0.3) is 0 Å². The Morgan fingerprint density at radius 1 is 1.29 bits per heavy atom. The van der Waals surface area contributed by atoms with Gasteiger partial charge in [0.25, 0.3) is 0 Å². The summed E-state index contributed by atoms with van der Waals surface area (Å²) >= 11 is 0. The van der Waals surface area contributed by atoms with Crippen molar-refractivity contribution in [3.05, 3.63) is 0 Å². The Balaban J connectivity index is 0.000000461. The van der Waals surface area contributed by atoms with Crippen LogP contribution in [-0.2, 0) is 9.47 Å². The largest absolute Gasteiger partial charge is 0.385 e. The van der Waals surface area contributed by atoms with E-state index < -0.39 is 0 Å². The number of ether oxygens (including phenoxy) is 2. The van der Waals surface area contributed by atoms with Crippen molar-refractivity contribution in [2.75, 3.05) is 46.6 Å². The molecule has 2 aliphatic rings. The van der Waals surface area contributed by atoms with Crippen molar-refractivity contribution in [3.8, 4) is 0 Å². The molecule has 84 valence electrons. The van der Waals surface area contributed by atoms with Crippen LogP contribution in [-0.4, -0.2) is 51.5 Å². The molecule has 3 heteroatoms. The fourth-order valence-corrected chi connectivity index (χ4v) is 2.07. The Labute approximate surface area is 87.4 Å². The molecule has 2 fully saturated rings. The Kier molecular flexibility index (Phi) is 4.85. The van der Waals surface area contributed by atoms with E-state index in [9.17, 15) is 0 Å². The standard InChI is InChI=1S/C9H17NO2.C2H6/c1-11-4-2-3-10-5-9(6-10)7-12-8-9;1-2/h2-8H2,1H3;1-2H3. The van der Waals surface area contributed by atoms with Gasteiger partial charge >= 0.3 is 0 Å². The molecule has 0 unspecified atom stereocenters. The summed E-state index contributed by atoms with van der Waals surface area (Å²) in [6.45, 7) is 10.6. The summed E-state index contributed by atoms with van der Waals surface area (Å²) in [5, 5.41) is 0. The van der Waals surface area contributed by atoms with E-state index in [-0.39, 0.29) is 0 Å². The minimum absolute atomic E-state index is 0.576. The number of likely N-dealkylation sites (tertiary alicyclic amines) is 1. The average molecular weight is 201 g/mol. The molecule has 0 aliphatic carbocycles. The third-order valence-electron chi connectivity index (χ3n) is 2.76. The summed E-state index contributed by atoms with van der Waals surface area (Å²) in [7, 11) is 1.76. The van der Waals surface area contributed by atoms with Crippen molar-refractivity contribution in [1.82, 2.24) is 4.90 Å². The first kappa shape index (κ1) is 12.0. The lowest BCUT2D eigenvalue weighted by Crippen LogP contribution is -2.65. The quantitative estimate of drug-likeness (QED) is 0.641. The second-order valence-corrected chi connectivity index (χ2v) is 4.05. The van der Waals surface area contributed by atoms with Crippen LogP contribution < -0.4 is 0 Å². The molecule has 2 rings (SSSR count). The van der Waals surface area contributed by atoms with Crippen LogP contribution >= 0.6 is 0 Å². The smallest absolute Gasteiger partial charge is 0.0569 e. The van der Waals surface area contributed by atoms with Gasteiger partial charge in [-0.2, -0.15) is 0 Å². The number of rotatable bonds is 4. The molecule has 2 aliphatic heterocycles. The zero-order valence-corrected chi connectivity index (χ0v) is 9.71. The molecule has 0 aromatic carbocycles. The van der Waals surface area contributed by atoms with E-state index in [4.69, 9.17) is 9.47 Å². The van der Waals surface area contributed by atoms with Crippen LogP contribution in [0.4, 0.5) is 0 Å². The second-order valence-electron chi connectivity index (χ2n) is 4.05. The van der Waals surface area contributed by atoms with Crippen LogP contribution in [0.2, 0.25) is 0 Å². The molecule has 1 spiro atoms. The van der Waals surface area contributed by atoms with Gasteiger partial charge in [0.05, 0.1) is 13.2 Å². The molecule has 0 aromatic heterocycles. The van der Waals surface area contributed by atoms with E-state index in [1.54, 1.807) is 7.11 Å². The van der Waals surface area contributed by atoms with Crippen LogP contribution in [0.15, 0.2) is 0 Å². The van der Waals surface area contributed by atoms with E-state index in [2.05, 4.69) is 4.90 Å². The normalized spacial score (nSPS) is 23.4. The third-order valence-corrected chi connectivity index (χ3v) is 2.76. The minimum Gasteiger partial charge on any atom is -0.385 e. The first-order valence-corrected chi connectivity index (χ1v) is 5.64. The maximum Gasteiger partial charge on any atom is 0.0569 e. The van der Waals surface area contributed by atoms with Crippen molar-refractivity contribution in [2.45, 2.75) is 20.3 Å². The summed E-state index contributed by atoms with van der Waals surface area (Å²) in [4.78, 5) is 2.49. The van der Waals surface area contributed by atoms with Crippen LogP contribution in [0.3, 0.4) is 0 Å². The minimum atomic E-state index is 0.576. The molecule has 0 saturated carbocycles. The molecule has 3 nitrogen and oxygen atoms in total. The molecule has 0 atom stereocenters. The monoisotopic (exact) mass is 201 g/mol. The zero-order valence-electron chi connectivity index (χ0n) is 9.71. The topological polar surface area (TPSA) is 21.7 Å². The molecule has 0 aromatic rings. The number of hydrogen-bond donors (Lipinski definition) is 0. The van der Waals surface area contributed by atoms with Crippen LogP contribution in [0, 0.1) is 5.41 Å². The molecule has 2 heterocycles. The lowest BCUT2D eigenvalue weighted by Gasteiger charge is -2.55. The first-order valence-electron chi connectivity index (χ1n) is 5.64. The molecule has 0 N–H and O–H groups in total. The Hall–Kier alpha value is -0.120. The fourth-order valence-electron chi connectivity index (χ4n) is 2.07. The predicted octanol–water partition coefficient (Wildman–Crippen LogP) is 1.38. The lowest BCUT2D eigenvalue weighted by atomic mass is 9.78. The summed E-state index contributed by atoms with van der Waals surface area (Å²) in [5.41, 5.74) is 0.576. The SMILES string of the molecule is CC.COCCCN1CC2(COC2)C1. The zero-order chi connectivity index (χ0) is 10.4. The highest BCUT2D eigenvalue weighted by atomic mass is 16.5. The summed E-state index contributed by atoms with van der Waals surface area (Å²) in [5.74, 6) is 0. The molecule has 0 bridgehead atoms. The second kappa shape index (κ2) is 5.69. The Morgan fingerprint density at radius 3 is 2.36 bits per heavy atom. The van der Waals surface area contributed by atoms with Gasteiger partial charge in [0, 0.05) is 38.8 Å². The van der Waals surface area contributed by atoms with E-state index >= 15 is 0 Å². The van der Waals surface area contributed by atoms with Gasteiger partial charge in [0.2, 0.25) is 0 Å². The fraction of sp³-hybridized carbons (Fsp3) is 1.00. The molecule has 14 heavy (non-hydrogen) atoms. The third kappa shape index (κ3) is 2.69. The van der Waals surface area contributed by atoms with Crippen molar-refractivity contribution in [2.24, 2.45) is 5.41 Å². The lowest BCUT2D eigenvalue weighted by molar-refractivity contribution is -0.189. The molecule has 2 saturated heterocycles. The van der Waals surface area contributed by atoms with Gasteiger partial charge in [-0.1, -0.05) is 13.8 Å². The average Bonchev–Trinajstić information content (AvgIpc) is 2.09. The highest BCUT2D eigenvalue weighted by molar-refractivity contribution is 4.99. The van der Waals surface area contributed by atoms with E-state index in [1.165, 1.54) is 19.6 Å². The van der Waals surface area contributed by atoms with Gasteiger partial charge in [-0.3, -0.25) is 0 Å². The maximum absolute atomic E-state index is 5.20. The highest BCUT2D eigenvalue weighted by Gasteiger charge is 2.48. The van der Waals surface area contributed by atoms with Crippen LogP contribution in [0.1, 0.15) is 20.3 Å². The van der Waals surface area contributed by atoms with E-state index in [0.717, 1.165) is 26.2 Å². The van der Waals surface area contributed by atoms with Crippen molar-refractivity contribution >= 4 is 0 Å². The number of nitrogens with zero attached hydrogens (tertiary/aromatic N) is 1. The Morgan fingerprint density at radius 2 is 1.93 bits per heavy atom. The van der Waals surface area contributed by atoms with Gasteiger partial charge in [0.1, 0.15) is 0 Å². The maximum atomic E-state index is 5.20. The number of hydrogen-bond acceptors (Lipinski definition) is 3. The van der Waals surface area contributed by atoms with Gasteiger partial charge in [-0.15, -0.1) is 0 Å². The summed E-state index contributed by atoms with van der Waals surface area (Å²) < 4.78 is 10.2. The molecular weight excluding hydrogens is 178 g/mol. The van der Waals surface area contributed by atoms with Crippen LogP contribution in [0.5, 0.6) is 0 Å². The number of methoxy groups -OCH3 is 1. The summed E-state index contributed by atoms with van der Waals surface area (Å²) in [6.07, 6.45) is 1.16. The van der Waals surface area contributed by atoms with Crippen molar-refractivity contribution in [3.63, 3.8) is 0 Å². The first-order chi connectivity index (χ1) is 6.85. The van der Waals surface area contributed by atoms with Crippen molar-refractivity contribution < 1.29 is 9.47 Å². The van der Waals surface area contributed by atoms with Gasteiger partial charge in [0.15, 0.2) is 0 Å². The molecule has 0 amide bonds. The van der Waals surface area contributed by atoms with Crippen molar-refractivity contribution in [1.29, 1.82) is 0 Å². The highest BCUT2D eigenvalue weighted by Crippen LogP contribution is 2.37. The Bertz CT molecular complexity index is 149.